The van der Waals surface area contributed by atoms with Gasteiger partial charge in [-0.25, -0.2) is 4.98 Å². The molecule has 0 aliphatic carbocycles. The number of nitrogens with zero attached hydrogens (tertiary/aromatic N) is 2. The molecule has 1 rings (SSSR count). The Hall–Kier alpha value is -1.85. The first-order valence-corrected chi connectivity index (χ1v) is 6.39. The van der Waals surface area contributed by atoms with Gasteiger partial charge >= 0.3 is 5.97 Å². The van der Waals surface area contributed by atoms with Crippen LogP contribution >= 0.6 is 0 Å². The molecule has 1 aromatic heterocycles. The number of carboxylic acid groups (broad SMARTS) is 1. The molecule has 19 heavy (non-hydrogen) atoms. The highest BCUT2D eigenvalue weighted by atomic mass is 16.5. The van der Waals surface area contributed by atoms with E-state index in [0.717, 1.165) is 5.69 Å². The van der Waals surface area contributed by atoms with Gasteiger partial charge in [0.1, 0.15) is 0 Å². The first-order chi connectivity index (χ1) is 8.93. The van der Waals surface area contributed by atoms with Crippen LogP contribution in [-0.4, -0.2) is 34.2 Å². The molecule has 0 saturated heterocycles. The Morgan fingerprint density at radius 1 is 1.47 bits per heavy atom. The van der Waals surface area contributed by atoms with Gasteiger partial charge in [-0.3, -0.25) is 4.79 Å². The molecule has 0 fully saturated rings. The van der Waals surface area contributed by atoms with Gasteiger partial charge in [0, 0.05) is 18.3 Å². The largest absolute Gasteiger partial charge is 0.481 e. The summed E-state index contributed by atoms with van der Waals surface area (Å²) >= 11 is 0. The van der Waals surface area contributed by atoms with E-state index >= 15 is 0 Å². The van der Waals surface area contributed by atoms with Crippen LogP contribution in [0.15, 0.2) is 6.07 Å². The number of carbonyl (C=O) groups is 1. The molecule has 1 heterocycles. The number of aromatic nitrogens is 2. The molecule has 6 nitrogen and oxygen atoms in total. The van der Waals surface area contributed by atoms with Crippen LogP contribution in [0, 0.1) is 18.8 Å². The van der Waals surface area contributed by atoms with Crippen molar-refractivity contribution in [2.24, 2.45) is 11.8 Å². The molecule has 0 bridgehead atoms. The molecule has 6 heteroatoms. The van der Waals surface area contributed by atoms with Gasteiger partial charge in [-0.2, -0.15) is 4.98 Å². The Kier molecular flexibility index (Phi) is 5.54. The van der Waals surface area contributed by atoms with E-state index in [1.165, 1.54) is 0 Å². The van der Waals surface area contributed by atoms with Crippen molar-refractivity contribution in [2.75, 3.05) is 18.5 Å². The minimum absolute atomic E-state index is 0.0428. The Morgan fingerprint density at radius 3 is 2.68 bits per heavy atom. The third-order valence-electron chi connectivity index (χ3n) is 2.72. The van der Waals surface area contributed by atoms with Crippen molar-refractivity contribution in [2.45, 2.75) is 27.7 Å². The van der Waals surface area contributed by atoms with Gasteiger partial charge in [-0.1, -0.05) is 13.8 Å². The fourth-order valence-corrected chi connectivity index (χ4v) is 1.65. The van der Waals surface area contributed by atoms with E-state index in [1.54, 1.807) is 6.07 Å². The van der Waals surface area contributed by atoms with Crippen molar-refractivity contribution >= 4 is 11.9 Å². The molecular formula is C13H21N3O3. The van der Waals surface area contributed by atoms with Crippen LogP contribution in [0.5, 0.6) is 5.88 Å². The van der Waals surface area contributed by atoms with Crippen molar-refractivity contribution in [1.29, 1.82) is 0 Å². The molecule has 1 aromatic rings. The summed E-state index contributed by atoms with van der Waals surface area (Å²) in [4.78, 5) is 19.5. The predicted molar refractivity (Wildman–Crippen MR) is 72.4 cm³/mol. The topological polar surface area (TPSA) is 84.3 Å². The van der Waals surface area contributed by atoms with E-state index in [1.807, 2.05) is 27.7 Å². The Labute approximate surface area is 113 Å². The molecule has 0 amide bonds. The molecular weight excluding hydrogens is 246 g/mol. The Balaban J connectivity index is 2.73. The minimum atomic E-state index is -0.819. The lowest BCUT2D eigenvalue weighted by Gasteiger charge is -2.17. The summed E-state index contributed by atoms with van der Waals surface area (Å²) in [5, 5.41) is 12.1. The maximum atomic E-state index is 11.1. The number of ether oxygens (including phenoxy) is 1. The number of aryl methyl sites for hydroxylation is 1. The smallest absolute Gasteiger partial charge is 0.308 e. The number of hydrogen-bond acceptors (Lipinski definition) is 5. The number of anilines is 1. The molecule has 0 radical (unpaired) electrons. The second-order valence-electron chi connectivity index (χ2n) is 4.67. The van der Waals surface area contributed by atoms with Crippen LogP contribution in [0.1, 0.15) is 26.5 Å². The molecule has 0 spiro atoms. The molecule has 1 atom stereocenters. The van der Waals surface area contributed by atoms with Crippen molar-refractivity contribution < 1.29 is 14.6 Å². The Bertz CT molecular complexity index is 435. The highest BCUT2D eigenvalue weighted by Gasteiger charge is 2.21. The third kappa shape index (κ3) is 4.73. The van der Waals surface area contributed by atoms with Crippen LogP contribution in [0.3, 0.4) is 0 Å². The zero-order valence-electron chi connectivity index (χ0n) is 11.8. The fourth-order valence-electron chi connectivity index (χ4n) is 1.65. The molecule has 106 valence electrons. The predicted octanol–water partition coefficient (Wildman–Crippen LogP) is 1.95. The zero-order chi connectivity index (χ0) is 14.4. The SMILES string of the molecule is CCOc1cc(C)nc(NCC(C(=O)O)C(C)C)n1. The average molecular weight is 267 g/mol. The summed E-state index contributed by atoms with van der Waals surface area (Å²) in [6, 6.07) is 1.74. The molecule has 0 aliphatic heterocycles. The van der Waals surface area contributed by atoms with E-state index in [2.05, 4.69) is 15.3 Å². The van der Waals surface area contributed by atoms with Gasteiger partial charge in [0.15, 0.2) is 0 Å². The van der Waals surface area contributed by atoms with E-state index in [0.29, 0.717) is 25.0 Å². The quantitative estimate of drug-likeness (QED) is 0.785. The number of rotatable bonds is 7. The monoisotopic (exact) mass is 267 g/mol. The zero-order valence-corrected chi connectivity index (χ0v) is 11.8. The first-order valence-electron chi connectivity index (χ1n) is 6.39. The number of carboxylic acids is 1. The maximum Gasteiger partial charge on any atom is 0.308 e. The van der Waals surface area contributed by atoms with Gasteiger partial charge < -0.3 is 15.2 Å². The van der Waals surface area contributed by atoms with E-state index in [4.69, 9.17) is 9.84 Å². The lowest BCUT2D eigenvalue weighted by atomic mass is 9.96. The summed E-state index contributed by atoms with van der Waals surface area (Å²) in [6.45, 7) is 8.30. The van der Waals surface area contributed by atoms with Crippen molar-refractivity contribution in [1.82, 2.24) is 9.97 Å². The molecule has 0 saturated carbocycles. The lowest BCUT2D eigenvalue weighted by Crippen LogP contribution is -2.28. The van der Waals surface area contributed by atoms with Crippen LogP contribution in [0.25, 0.3) is 0 Å². The van der Waals surface area contributed by atoms with Gasteiger partial charge in [-0.05, 0) is 19.8 Å². The minimum Gasteiger partial charge on any atom is -0.481 e. The second kappa shape index (κ2) is 6.92. The second-order valence-corrected chi connectivity index (χ2v) is 4.67. The molecule has 0 aliphatic rings. The van der Waals surface area contributed by atoms with E-state index in [9.17, 15) is 4.79 Å². The van der Waals surface area contributed by atoms with Gasteiger partial charge in [-0.15, -0.1) is 0 Å². The van der Waals surface area contributed by atoms with Gasteiger partial charge in [0.25, 0.3) is 0 Å². The van der Waals surface area contributed by atoms with Gasteiger partial charge in [0.05, 0.1) is 12.5 Å². The summed E-state index contributed by atoms with van der Waals surface area (Å²) in [5.74, 6) is -0.356. The van der Waals surface area contributed by atoms with Crippen LogP contribution in [0.2, 0.25) is 0 Å². The van der Waals surface area contributed by atoms with Crippen LogP contribution in [0.4, 0.5) is 5.95 Å². The molecule has 0 aromatic carbocycles. The third-order valence-corrected chi connectivity index (χ3v) is 2.72. The van der Waals surface area contributed by atoms with Crippen molar-refractivity contribution in [3.8, 4) is 5.88 Å². The van der Waals surface area contributed by atoms with Crippen LogP contribution in [-0.2, 0) is 4.79 Å². The van der Waals surface area contributed by atoms with Crippen molar-refractivity contribution in [3.63, 3.8) is 0 Å². The highest BCUT2D eigenvalue weighted by molar-refractivity contribution is 5.71. The van der Waals surface area contributed by atoms with Gasteiger partial charge in [0.2, 0.25) is 11.8 Å². The maximum absolute atomic E-state index is 11.1. The van der Waals surface area contributed by atoms with Crippen molar-refractivity contribution in [3.05, 3.63) is 11.8 Å². The summed E-state index contributed by atoms with van der Waals surface area (Å²) in [5.41, 5.74) is 0.775. The highest BCUT2D eigenvalue weighted by Crippen LogP contribution is 2.15. The lowest BCUT2D eigenvalue weighted by molar-refractivity contribution is -0.142. The normalized spacial score (nSPS) is 12.3. The summed E-state index contributed by atoms with van der Waals surface area (Å²) in [7, 11) is 0. The Morgan fingerprint density at radius 2 is 2.16 bits per heavy atom. The number of nitrogens with one attached hydrogen (secondary N) is 1. The summed E-state index contributed by atoms with van der Waals surface area (Å²) < 4.78 is 5.32. The van der Waals surface area contributed by atoms with E-state index < -0.39 is 11.9 Å². The average Bonchev–Trinajstić information content (AvgIpc) is 2.27. The first kappa shape index (κ1) is 15.2. The van der Waals surface area contributed by atoms with Crippen LogP contribution < -0.4 is 10.1 Å². The standard InChI is InChI=1S/C13H21N3O3/c1-5-19-11-6-9(4)15-13(16-11)14-7-10(8(2)3)12(17)18/h6,8,10H,5,7H2,1-4H3,(H,17,18)(H,14,15,16). The molecule has 1 unspecified atom stereocenters. The molecule has 2 N–H and O–H groups in total. The fraction of sp³-hybridized carbons (Fsp3) is 0.615. The summed E-state index contributed by atoms with van der Waals surface area (Å²) in [6.07, 6.45) is 0. The number of hydrogen-bond donors (Lipinski definition) is 2. The van der Waals surface area contributed by atoms with E-state index in [-0.39, 0.29) is 5.92 Å². The number of aliphatic carboxylic acids is 1.